The summed E-state index contributed by atoms with van der Waals surface area (Å²) in [4.78, 5) is 0. The second kappa shape index (κ2) is 44.4. The highest BCUT2D eigenvalue weighted by atomic mass is 16.3. The van der Waals surface area contributed by atoms with Crippen LogP contribution in [0.4, 0.5) is 0 Å². The van der Waals surface area contributed by atoms with E-state index in [-0.39, 0.29) is 26.4 Å². The van der Waals surface area contributed by atoms with Gasteiger partial charge in [0.15, 0.2) is 0 Å². The lowest BCUT2D eigenvalue weighted by Gasteiger charge is -1.69. The van der Waals surface area contributed by atoms with Gasteiger partial charge in [0, 0.05) is 26.4 Å². The van der Waals surface area contributed by atoms with Crippen molar-refractivity contribution < 1.29 is 20.4 Å². The summed E-state index contributed by atoms with van der Waals surface area (Å²) >= 11 is 0. The van der Waals surface area contributed by atoms with Crippen molar-refractivity contribution >= 4 is 0 Å². The molecule has 0 aliphatic carbocycles. The summed E-state index contributed by atoms with van der Waals surface area (Å²) in [5.74, 6) is 0. The van der Waals surface area contributed by atoms with Crippen molar-refractivity contribution in [3.8, 4) is 0 Å². The molecule has 4 nitrogen and oxygen atoms in total. The average molecular weight is 262 g/mol. The topological polar surface area (TPSA) is 80.9 Å². The van der Waals surface area contributed by atoms with E-state index in [0.717, 1.165) is 0 Å². The van der Waals surface area contributed by atoms with Crippen LogP contribution in [-0.2, 0) is 0 Å². The van der Waals surface area contributed by atoms with E-state index < -0.39 is 0 Å². The zero-order chi connectivity index (χ0) is 15.1. The Morgan fingerprint density at radius 1 is 0.444 bits per heavy atom. The molecule has 0 aliphatic heterocycles. The van der Waals surface area contributed by atoms with Crippen LogP contribution in [0.1, 0.15) is 27.7 Å². The maximum absolute atomic E-state index is 7.57. The van der Waals surface area contributed by atoms with E-state index in [1.54, 1.807) is 27.7 Å². The van der Waals surface area contributed by atoms with Gasteiger partial charge in [-0.15, -0.1) is 0 Å². The maximum atomic E-state index is 7.57. The molecule has 0 bridgehead atoms. The first-order valence-corrected chi connectivity index (χ1v) is 6.09. The Labute approximate surface area is 112 Å². The lowest BCUT2D eigenvalue weighted by atomic mass is 10.4. The smallest absolute Gasteiger partial charge is 0.0402 e. The fourth-order valence-corrected chi connectivity index (χ4v) is 0.385. The Kier molecular flexibility index (Phi) is 63.6. The minimum Gasteiger partial charge on any atom is -0.397 e. The number of aliphatic hydroxyl groups is 4. The summed E-state index contributed by atoms with van der Waals surface area (Å²) in [6.07, 6.45) is 0. The Balaban J connectivity index is -0.0000000723. The predicted molar refractivity (Wildman–Crippen MR) is 77.5 cm³/mol. The van der Waals surface area contributed by atoms with Crippen molar-refractivity contribution in [3.05, 3.63) is 36.4 Å². The Hall–Kier alpha value is -0.940. The number of rotatable bonds is 0. The van der Waals surface area contributed by atoms with Crippen LogP contribution in [0.3, 0.4) is 0 Å². The van der Waals surface area contributed by atoms with Gasteiger partial charge in [0.1, 0.15) is 0 Å². The van der Waals surface area contributed by atoms with Crippen LogP contribution in [0.2, 0.25) is 0 Å². The van der Waals surface area contributed by atoms with Gasteiger partial charge in [-0.25, -0.2) is 0 Å². The molecular formula is C14H30O4. The van der Waals surface area contributed by atoms with Crippen molar-refractivity contribution in [2.45, 2.75) is 27.7 Å². The summed E-state index contributed by atoms with van der Waals surface area (Å²) in [5, 5.41) is 30.3. The van der Waals surface area contributed by atoms with Gasteiger partial charge in [-0.05, 0) is 27.7 Å². The second-order valence-corrected chi connectivity index (χ2v) is 2.42. The third-order valence-electron chi connectivity index (χ3n) is 0.667. The largest absolute Gasteiger partial charge is 0.397 e. The van der Waals surface area contributed by atoms with Crippen LogP contribution >= 0.6 is 0 Å². The molecule has 1 aromatic carbocycles. The fraction of sp³-hybridized carbons (Fsp3) is 0.571. The Bertz CT molecular complexity index is 122. The Morgan fingerprint density at radius 3 is 0.556 bits per heavy atom. The fourth-order valence-electron chi connectivity index (χ4n) is 0.385. The molecule has 0 aliphatic rings. The normalized spacial score (nSPS) is 6.67. The molecule has 1 aromatic rings. The maximum Gasteiger partial charge on any atom is 0.0402 e. The van der Waals surface area contributed by atoms with Crippen molar-refractivity contribution in [1.82, 2.24) is 0 Å². The van der Waals surface area contributed by atoms with Gasteiger partial charge in [0.25, 0.3) is 0 Å². The van der Waals surface area contributed by atoms with Crippen LogP contribution in [0.5, 0.6) is 0 Å². The number of benzene rings is 1. The highest BCUT2D eigenvalue weighted by molar-refractivity contribution is 4.99. The molecule has 0 unspecified atom stereocenters. The Morgan fingerprint density at radius 2 is 0.500 bits per heavy atom. The third-order valence-corrected chi connectivity index (χ3v) is 0.667. The molecule has 110 valence electrons. The van der Waals surface area contributed by atoms with Gasteiger partial charge in [-0.3, -0.25) is 0 Å². The molecule has 0 amide bonds. The molecule has 0 aromatic heterocycles. The van der Waals surface area contributed by atoms with Crippen molar-refractivity contribution in [2.75, 3.05) is 26.4 Å². The van der Waals surface area contributed by atoms with Crippen molar-refractivity contribution in [2.24, 2.45) is 0 Å². The standard InChI is InChI=1S/C6H6.4C2H6O/c1-2-4-6-5-3-1;4*1-2-3/h1-6H;4*3H,2H2,1H3. The van der Waals surface area contributed by atoms with Crippen molar-refractivity contribution in [1.29, 1.82) is 0 Å². The molecule has 4 heteroatoms. The SMILES string of the molecule is CCO.CCO.CCO.CCO.c1ccccc1. The van der Waals surface area contributed by atoms with Crippen LogP contribution in [0.15, 0.2) is 36.4 Å². The third kappa shape index (κ3) is 116. The quantitative estimate of drug-likeness (QED) is 0.573. The molecule has 4 N–H and O–H groups in total. The first-order valence-electron chi connectivity index (χ1n) is 6.09. The molecule has 0 spiro atoms. The van der Waals surface area contributed by atoms with E-state index in [4.69, 9.17) is 20.4 Å². The van der Waals surface area contributed by atoms with E-state index in [2.05, 4.69) is 0 Å². The molecule has 0 atom stereocenters. The lowest BCUT2D eigenvalue weighted by molar-refractivity contribution is 0.318. The van der Waals surface area contributed by atoms with Gasteiger partial charge in [-0.1, -0.05) is 36.4 Å². The van der Waals surface area contributed by atoms with Gasteiger partial charge in [0.05, 0.1) is 0 Å². The minimum absolute atomic E-state index is 0.250. The van der Waals surface area contributed by atoms with E-state index in [1.807, 2.05) is 36.4 Å². The van der Waals surface area contributed by atoms with E-state index >= 15 is 0 Å². The van der Waals surface area contributed by atoms with E-state index in [0.29, 0.717) is 0 Å². The molecular weight excluding hydrogens is 232 g/mol. The van der Waals surface area contributed by atoms with Crippen LogP contribution in [0.25, 0.3) is 0 Å². The average Bonchev–Trinajstić information content (AvgIpc) is 2.35. The highest BCUT2D eigenvalue weighted by Gasteiger charge is 1.57. The predicted octanol–water partition coefficient (Wildman–Crippen LogP) is 1.68. The van der Waals surface area contributed by atoms with Crippen LogP contribution in [0, 0.1) is 0 Å². The van der Waals surface area contributed by atoms with Gasteiger partial charge < -0.3 is 20.4 Å². The first kappa shape index (κ1) is 25.8. The van der Waals surface area contributed by atoms with Crippen LogP contribution < -0.4 is 0 Å². The summed E-state index contributed by atoms with van der Waals surface area (Å²) in [6, 6.07) is 12.0. The second-order valence-electron chi connectivity index (χ2n) is 2.42. The molecule has 0 saturated carbocycles. The van der Waals surface area contributed by atoms with Gasteiger partial charge in [0.2, 0.25) is 0 Å². The number of aliphatic hydroxyl groups excluding tert-OH is 4. The molecule has 18 heavy (non-hydrogen) atoms. The van der Waals surface area contributed by atoms with Crippen molar-refractivity contribution in [3.63, 3.8) is 0 Å². The van der Waals surface area contributed by atoms with E-state index in [1.165, 1.54) is 0 Å². The number of hydrogen-bond donors (Lipinski definition) is 4. The summed E-state index contributed by atoms with van der Waals surface area (Å²) in [6.45, 7) is 7.72. The van der Waals surface area contributed by atoms with Gasteiger partial charge >= 0.3 is 0 Å². The summed E-state index contributed by atoms with van der Waals surface area (Å²) < 4.78 is 0. The zero-order valence-corrected chi connectivity index (χ0v) is 12.1. The van der Waals surface area contributed by atoms with Gasteiger partial charge in [-0.2, -0.15) is 0 Å². The zero-order valence-electron chi connectivity index (χ0n) is 12.1. The first-order chi connectivity index (χ1) is 8.66. The molecule has 0 heterocycles. The lowest BCUT2D eigenvalue weighted by Crippen LogP contribution is -1.57. The van der Waals surface area contributed by atoms with E-state index in [9.17, 15) is 0 Å². The number of hydrogen-bond acceptors (Lipinski definition) is 4. The summed E-state index contributed by atoms with van der Waals surface area (Å²) in [7, 11) is 0. The minimum atomic E-state index is 0.250. The highest BCUT2D eigenvalue weighted by Crippen LogP contribution is 1.79. The van der Waals surface area contributed by atoms with Crippen LogP contribution in [-0.4, -0.2) is 46.9 Å². The monoisotopic (exact) mass is 262 g/mol. The molecule has 0 radical (unpaired) electrons. The molecule has 1 rings (SSSR count). The summed E-state index contributed by atoms with van der Waals surface area (Å²) in [5.41, 5.74) is 0. The molecule has 0 saturated heterocycles. The molecule has 0 fully saturated rings.